The van der Waals surface area contributed by atoms with Gasteiger partial charge in [-0.1, -0.05) is 23.7 Å². The number of nitrogens with zero attached hydrogens (tertiary/aromatic N) is 2. The minimum absolute atomic E-state index is 0.107. The molecule has 0 bridgehead atoms. The molecule has 6 heteroatoms. The van der Waals surface area contributed by atoms with Crippen molar-refractivity contribution >= 4 is 29.1 Å². The van der Waals surface area contributed by atoms with Gasteiger partial charge in [0.05, 0.1) is 5.41 Å². The second-order valence-electron chi connectivity index (χ2n) is 4.86. The second kappa shape index (κ2) is 4.76. The Bertz CT molecular complexity index is 652. The summed E-state index contributed by atoms with van der Waals surface area (Å²) in [7, 11) is 0. The Morgan fingerprint density at radius 3 is 2.55 bits per heavy atom. The molecule has 2 aromatic rings. The van der Waals surface area contributed by atoms with E-state index < -0.39 is 5.41 Å². The highest BCUT2D eigenvalue weighted by atomic mass is 35.5. The van der Waals surface area contributed by atoms with E-state index in [1.165, 1.54) is 6.20 Å². The van der Waals surface area contributed by atoms with Gasteiger partial charge in [-0.15, -0.1) is 0 Å². The largest absolute Gasteiger partial charge is 0.399 e. The van der Waals surface area contributed by atoms with Crippen molar-refractivity contribution < 1.29 is 4.79 Å². The zero-order valence-corrected chi connectivity index (χ0v) is 11.4. The molecule has 0 spiro atoms. The van der Waals surface area contributed by atoms with Crippen molar-refractivity contribution in [2.45, 2.75) is 18.3 Å². The van der Waals surface area contributed by atoms with Crippen molar-refractivity contribution in [2.75, 3.05) is 11.1 Å². The first kappa shape index (κ1) is 12.9. The molecular formula is C14H13ClN4O. The summed E-state index contributed by atoms with van der Waals surface area (Å²) in [6, 6.07) is 8.95. The number of hydrogen-bond donors (Lipinski definition) is 2. The highest BCUT2D eigenvalue weighted by Crippen LogP contribution is 2.49. The van der Waals surface area contributed by atoms with Crippen molar-refractivity contribution in [2.24, 2.45) is 0 Å². The highest BCUT2D eigenvalue weighted by Gasteiger charge is 2.51. The number of nitrogen functional groups attached to an aromatic ring is 1. The third-order valence-corrected chi connectivity index (χ3v) is 3.71. The van der Waals surface area contributed by atoms with Crippen LogP contribution in [0, 0.1) is 0 Å². The van der Waals surface area contributed by atoms with Crippen LogP contribution >= 0.6 is 11.6 Å². The normalized spacial score (nSPS) is 15.7. The summed E-state index contributed by atoms with van der Waals surface area (Å²) >= 11 is 5.78. The molecule has 3 N–H and O–H groups in total. The fourth-order valence-corrected chi connectivity index (χ4v) is 2.33. The summed E-state index contributed by atoms with van der Waals surface area (Å²) in [4.78, 5) is 20.4. The molecule has 1 aliphatic rings. The Balaban J connectivity index is 1.81. The van der Waals surface area contributed by atoms with E-state index in [-0.39, 0.29) is 11.9 Å². The number of nitrogens with one attached hydrogen (secondary N) is 1. The van der Waals surface area contributed by atoms with Crippen molar-refractivity contribution in [1.29, 1.82) is 0 Å². The molecule has 0 atom stereocenters. The molecule has 5 nitrogen and oxygen atoms in total. The number of hydrogen-bond acceptors (Lipinski definition) is 4. The maximum atomic E-state index is 12.4. The molecule has 20 heavy (non-hydrogen) atoms. The molecule has 1 aliphatic carbocycles. The molecule has 1 aromatic heterocycles. The van der Waals surface area contributed by atoms with Crippen LogP contribution in [0.4, 0.5) is 11.6 Å². The van der Waals surface area contributed by atoms with Crippen LogP contribution in [-0.2, 0) is 10.2 Å². The summed E-state index contributed by atoms with van der Waals surface area (Å²) in [5.74, 6) is 0.119. The summed E-state index contributed by atoms with van der Waals surface area (Å²) < 4.78 is 0. The lowest BCUT2D eigenvalue weighted by atomic mass is 9.95. The minimum Gasteiger partial charge on any atom is -0.399 e. The average Bonchev–Trinajstić information content (AvgIpc) is 3.21. The van der Waals surface area contributed by atoms with Gasteiger partial charge in [-0.05, 0) is 36.6 Å². The molecule has 1 saturated carbocycles. The number of carbonyl (C=O) groups is 1. The topological polar surface area (TPSA) is 80.9 Å². The summed E-state index contributed by atoms with van der Waals surface area (Å²) in [6.07, 6.45) is 3.13. The van der Waals surface area contributed by atoms with E-state index in [0.717, 1.165) is 18.4 Å². The summed E-state index contributed by atoms with van der Waals surface area (Å²) in [6.45, 7) is 0. The average molecular weight is 289 g/mol. The third kappa shape index (κ3) is 2.32. The third-order valence-electron chi connectivity index (χ3n) is 3.49. The number of amides is 1. The van der Waals surface area contributed by atoms with Gasteiger partial charge in [0.1, 0.15) is 5.15 Å². The number of anilines is 2. The first-order valence-electron chi connectivity index (χ1n) is 6.26. The summed E-state index contributed by atoms with van der Waals surface area (Å²) in [5.41, 5.74) is 6.83. The van der Waals surface area contributed by atoms with Crippen LogP contribution in [0.5, 0.6) is 0 Å². The van der Waals surface area contributed by atoms with Crippen LogP contribution in [0.15, 0.2) is 36.5 Å². The molecule has 0 radical (unpaired) electrons. The maximum absolute atomic E-state index is 12.4. The van der Waals surface area contributed by atoms with E-state index in [2.05, 4.69) is 15.3 Å². The lowest BCUT2D eigenvalue weighted by Gasteiger charge is -2.15. The molecule has 1 fully saturated rings. The molecule has 102 valence electrons. The Hall–Kier alpha value is -2.14. The fourth-order valence-electron chi connectivity index (χ4n) is 2.19. The van der Waals surface area contributed by atoms with Gasteiger partial charge in [-0.25, -0.2) is 9.97 Å². The Kier molecular flexibility index (Phi) is 3.06. The Labute approximate surface area is 121 Å². The van der Waals surface area contributed by atoms with Gasteiger partial charge in [0.15, 0.2) is 0 Å². The highest BCUT2D eigenvalue weighted by molar-refractivity contribution is 6.29. The number of halogens is 1. The van der Waals surface area contributed by atoms with Gasteiger partial charge in [-0.3, -0.25) is 10.1 Å². The molecule has 3 rings (SSSR count). The standard InChI is InChI=1S/C14H13ClN4O/c15-11-5-8-17-13(18-11)19-12(20)14(6-7-14)9-1-3-10(16)4-2-9/h1-5,8H,6-7,16H2,(H,17,18,19,20). The summed E-state index contributed by atoms with van der Waals surface area (Å²) in [5, 5.41) is 3.02. The zero-order valence-electron chi connectivity index (χ0n) is 10.6. The maximum Gasteiger partial charge on any atom is 0.237 e. The molecular weight excluding hydrogens is 276 g/mol. The molecule has 0 unspecified atom stereocenters. The zero-order chi connectivity index (χ0) is 14.2. The SMILES string of the molecule is Nc1ccc(C2(C(=O)Nc3nccc(Cl)n3)CC2)cc1. The first-order valence-corrected chi connectivity index (χ1v) is 6.64. The number of carbonyl (C=O) groups excluding carboxylic acids is 1. The molecule has 1 heterocycles. The Morgan fingerprint density at radius 1 is 1.25 bits per heavy atom. The van der Waals surface area contributed by atoms with E-state index in [9.17, 15) is 4.79 Å². The van der Waals surface area contributed by atoms with Crippen LogP contribution in [0.1, 0.15) is 18.4 Å². The quantitative estimate of drug-likeness (QED) is 0.671. The molecule has 1 aromatic carbocycles. The number of aromatic nitrogens is 2. The van der Waals surface area contributed by atoms with E-state index in [1.807, 2.05) is 12.1 Å². The predicted octanol–water partition coefficient (Wildman–Crippen LogP) is 2.38. The van der Waals surface area contributed by atoms with Crippen molar-refractivity contribution in [3.63, 3.8) is 0 Å². The van der Waals surface area contributed by atoms with E-state index in [0.29, 0.717) is 10.8 Å². The first-order chi connectivity index (χ1) is 9.60. The smallest absolute Gasteiger partial charge is 0.237 e. The molecule has 0 aliphatic heterocycles. The lowest BCUT2D eigenvalue weighted by molar-refractivity contribution is -0.118. The van der Waals surface area contributed by atoms with Crippen molar-refractivity contribution in [3.05, 3.63) is 47.2 Å². The van der Waals surface area contributed by atoms with Gasteiger partial charge >= 0.3 is 0 Å². The monoisotopic (exact) mass is 288 g/mol. The lowest BCUT2D eigenvalue weighted by Crippen LogP contribution is -2.28. The molecule has 1 amide bonds. The van der Waals surface area contributed by atoms with Crippen LogP contribution in [0.25, 0.3) is 0 Å². The number of benzene rings is 1. The van der Waals surface area contributed by atoms with Gasteiger partial charge < -0.3 is 5.73 Å². The van der Waals surface area contributed by atoms with E-state index >= 15 is 0 Å². The van der Waals surface area contributed by atoms with Crippen LogP contribution in [0.3, 0.4) is 0 Å². The van der Waals surface area contributed by atoms with Crippen molar-refractivity contribution in [1.82, 2.24) is 9.97 Å². The molecule has 0 saturated heterocycles. The van der Waals surface area contributed by atoms with E-state index in [1.54, 1.807) is 18.2 Å². The minimum atomic E-state index is -0.487. The van der Waals surface area contributed by atoms with Crippen LogP contribution < -0.4 is 11.1 Å². The van der Waals surface area contributed by atoms with Gasteiger partial charge in [0, 0.05) is 11.9 Å². The van der Waals surface area contributed by atoms with Gasteiger partial charge in [-0.2, -0.15) is 0 Å². The number of nitrogens with two attached hydrogens (primary N) is 1. The second-order valence-corrected chi connectivity index (χ2v) is 5.25. The fraction of sp³-hybridized carbons (Fsp3) is 0.214. The van der Waals surface area contributed by atoms with Crippen LogP contribution in [0.2, 0.25) is 5.15 Å². The van der Waals surface area contributed by atoms with E-state index in [4.69, 9.17) is 17.3 Å². The predicted molar refractivity (Wildman–Crippen MR) is 77.4 cm³/mol. The van der Waals surface area contributed by atoms with Gasteiger partial charge in [0.2, 0.25) is 11.9 Å². The Morgan fingerprint density at radius 2 is 1.95 bits per heavy atom. The van der Waals surface area contributed by atoms with Crippen LogP contribution in [-0.4, -0.2) is 15.9 Å². The number of rotatable bonds is 3. The van der Waals surface area contributed by atoms with Crippen molar-refractivity contribution in [3.8, 4) is 0 Å². The van der Waals surface area contributed by atoms with Gasteiger partial charge in [0.25, 0.3) is 0 Å².